The molecule has 54 heavy (non-hydrogen) atoms. The van der Waals surface area contributed by atoms with Crippen molar-refractivity contribution < 1.29 is 34.4 Å². The summed E-state index contributed by atoms with van der Waals surface area (Å²) in [6.07, 6.45) is 4.11. The maximum Gasteiger partial charge on any atom is 0.303 e. The molecule has 5 N–H and O–H groups in total. The summed E-state index contributed by atoms with van der Waals surface area (Å²) in [6.45, 7) is 10.2. The molecule has 288 valence electrons. The summed E-state index contributed by atoms with van der Waals surface area (Å²) in [5.41, 5.74) is 1.58. The first-order chi connectivity index (χ1) is 25.6. The molecule has 11 atom stereocenters. The molecule has 3 aromatic rings. The van der Waals surface area contributed by atoms with E-state index in [0.29, 0.717) is 61.0 Å². The molecule has 1 heterocycles. The second-order valence-electron chi connectivity index (χ2n) is 17.7. The number of aliphatic hydroxyl groups excluding tert-OH is 2. The lowest BCUT2D eigenvalue weighted by atomic mass is 9.42. The Bertz CT molecular complexity index is 2020. The van der Waals surface area contributed by atoms with Gasteiger partial charge in [-0.2, -0.15) is 0 Å². The fourth-order valence-electron chi connectivity index (χ4n) is 11.9. The number of hydrogen-bond acceptors (Lipinski definition) is 7. The number of carbonyl (C=O) groups excluding carboxylic acids is 1. The standard InChI is InChI=1S/C45H55FN2O6/c1-25(10-15-39(52)53)32-13-14-33-41-34(22-38(51)44(32,33)5)43(4)18-19-45(54,23-30(43)21-37(41)50)17-16-29-12-11-28(20-35(29)46)24-47-42-31-8-6-7-9-36(31)48-26(2)40(42)27(3)49/h6-9,11-12,20,25,30,32-34,37-38,41,50-51,54H,10,13-15,18-19,21-24H2,1-5H3,(H,47,48)(H,52,53)/t25-,30?,32-,33+,34+,37-,38+,41+,43+,44-,45-/m1/s1. The smallest absolute Gasteiger partial charge is 0.303 e. The highest BCUT2D eigenvalue weighted by molar-refractivity contribution is 6.08. The molecule has 9 heteroatoms. The van der Waals surface area contributed by atoms with Gasteiger partial charge in [-0.05, 0) is 135 Å². The number of anilines is 1. The highest BCUT2D eigenvalue weighted by Crippen LogP contribution is 2.69. The van der Waals surface area contributed by atoms with E-state index < -0.39 is 29.6 Å². The van der Waals surface area contributed by atoms with Crippen molar-refractivity contribution in [1.29, 1.82) is 0 Å². The molecule has 2 aromatic carbocycles. The van der Waals surface area contributed by atoms with Crippen LogP contribution in [0.4, 0.5) is 10.1 Å². The molecule has 0 aliphatic heterocycles. The number of rotatable bonds is 8. The Hall–Kier alpha value is -3.84. The maximum atomic E-state index is 15.5. The van der Waals surface area contributed by atoms with Crippen molar-refractivity contribution in [2.75, 3.05) is 5.32 Å². The van der Waals surface area contributed by atoms with E-state index in [-0.39, 0.29) is 70.6 Å². The van der Waals surface area contributed by atoms with Crippen LogP contribution in [0.2, 0.25) is 0 Å². The number of pyridine rings is 1. The number of fused-ring (bicyclic) bond motifs is 6. The van der Waals surface area contributed by atoms with E-state index in [1.54, 1.807) is 12.1 Å². The molecule has 7 rings (SSSR count). The molecule has 0 bridgehead atoms. The van der Waals surface area contributed by atoms with Gasteiger partial charge in [0.25, 0.3) is 0 Å². The normalized spacial score (nSPS) is 34.9. The lowest BCUT2D eigenvalue weighted by Gasteiger charge is -2.64. The van der Waals surface area contributed by atoms with Crippen LogP contribution >= 0.6 is 0 Å². The number of aliphatic carboxylic acids is 1. The molecule has 4 saturated carbocycles. The Morgan fingerprint density at radius 1 is 1.07 bits per heavy atom. The second-order valence-corrected chi connectivity index (χ2v) is 17.7. The van der Waals surface area contributed by atoms with Gasteiger partial charge < -0.3 is 25.7 Å². The molecular weight excluding hydrogens is 684 g/mol. The van der Waals surface area contributed by atoms with Crippen LogP contribution in [-0.4, -0.2) is 55.0 Å². The number of carboxylic acids is 1. The van der Waals surface area contributed by atoms with Crippen LogP contribution < -0.4 is 5.32 Å². The van der Waals surface area contributed by atoms with E-state index >= 15 is 4.39 Å². The van der Waals surface area contributed by atoms with E-state index in [0.717, 1.165) is 23.7 Å². The van der Waals surface area contributed by atoms with Crippen LogP contribution in [0, 0.1) is 70.9 Å². The molecule has 1 aromatic heterocycles. The molecular formula is C45H55FN2O6. The first-order valence-corrected chi connectivity index (χ1v) is 19.8. The van der Waals surface area contributed by atoms with Crippen molar-refractivity contribution in [2.45, 2.75) is 117 Å². The summed E-state index contributed by atoms with van der Waals surface area (Å²) in [5, 5.41) is 49.0. The van der Waals surface area contributed by atoms with E-state index in [2.05, 4.69) is 42.9 Å². The molecule has 0 radical (unpaired) electrons. The summed E-state index contributed by atoms with van der Waals surface area (Å²) in [5.74, 6) is 5.28. The van der Waals surface area contributed by atoms with Gasteiger partial charge >= 0.3 is 5.97 Å². The van der Waals surface area contributed by atoms with Gasteiger partial charge in [0.15, 0.2) is 5.78 Å². The summed E-state index contributed by atoms with van der Waals surface area (Å²) < 4.78 is 15.5. The van der Waals surface area contributed by atoms with Gasteiger partial charge in [0.2, 0.25) is 0 Å². The van der Waals surface area contributed by atoms with Gasteiger partial charge in [-0.15, -0.1) is 0 Å². The number of nitrogens with one attached hydrogen (secondary N) is 1. The first-order valence-electron chi connectivity index (χ1n) is 19.8. The van der Waals surface area contributed by atoms with Crippen LogP contribution in [0.3, 0.4) is 0 Å². The molecule has 8 nitrogen and oxygen atoms in total. The summed E-state index contributed by atoms with van der Waals surface area (Å²) in [7, 11) is 0. The average Bonchev–Trinajstić information content (AvgIpc) is 3.48. The zero-order valence-electron chi connectivity index (χ0n) is 32.2. The minimum Gasteiger partial charge on any atom is -0.481 e. The fraction of sp³-hybridized carbons (Fsp3) is 0.578. The number of aliphatic hydroxyl groups is 3. The number of carboxylic acid groups (broad SMARTS) is 1. The SMILES string of the molecule is CC(=O)c1c(C)nc2ccccc2c1NCc1ccc(C#C[C@@]2(O)CC[C@@]3(C)C(C[C@@H](O)[C@H]4[C@@H]5CC[C@H]([C@H](C)CCC(=O)O)[C@@]5(C)[C@@H](O)C[C@@H]43)C2)c(F)c1. The van der Waals surface area contributed by atoms with Crippen LogP contribution in [0.15, 0.2) is 42.5 Å². The third-order valence-electron chi connectivity index (χ3n) is 14.8. The highest BCUT2D eigenvalue weighted by Gasteiger charge is 2.66. The van der Waals surface area contributed by atoms with Crippen molar-refractivity contribution in [3.05, 3.63) is 70.7 Å². The zero-order chi connectivity index (χ0) is 38.7. The third-order valence-corrected chi connectivity index (χ3v) is 14.8. The number of nitrogens with zero attached hydrogens (tertiary/aromatic N) is 1. The van der Waals surface area contributed by atoms with Crippen LogP contribution in [0.1, 0.15) is 113 Å². The van der Waals surface area contributed by atoms with E-state index in [1.807, 2.05) is 31.2 Å². The lowest BCUT2D eigenvalue weighted by Crippen LogP contribution is -2.63. The Morgan fingerprint density at radius 3 is 2.56 bits per heavy atom. The first kappa shape index (κ1) is 38.4. The molecule has 0 amide bonds. The van der Waals surface area contributed by atoms with Gasteiger partial charge in [-0.3, -0.25) is 14.6 Å². The number of halogens is 1. The van der Waals surface area contributed by atoms with E-state index in [1.165, 1.54) is 13.0 Å². The van der Waals surface area contributed by atoms with Gasteiger partial charge in [0, 0.05) is 18.4 Å². The quantitative estimate of drug-likeness (QED) is 0.117. The number of ketones is 1. The van der Waals surface area contributed by atoms with Crippen molar-refractivity contribution in [2.24, 2.45) is 46.3 Å². The molecule has 4 aliphatic rings. The average molecular weight is 739 g/mol. The second kappa shape index (κ2) is 14.3. The van der Waals surface area contributed by atoms with Crippen molar-refractivity contribution in [3.8, 4) is 11.8 Å². The van der Waals surface area contributed by atoms with E-state index in [4.69, 9.17) is 0 Å². The number of carbonyl (C=O) groups is 2. The van der Waals surface area contributed by atoms with Crippen LogP contribution in [0.25, 0.3) is 10.9 Å². The molecule has 4 aliphatic carbocycles. The summed E-state index contributed by atoms with van der Waals surface area (Å²) >= 11 is 0. The number of hydrogen-bond donors (Lipinski definition) is 5. The fourth-order valence-corrected chi connectivity index (χ4v) is 11.9. The lowest BCUT2D eigenvalue weighted by molar-refractivity contribution is -0.211. The molecule has 1 unspecified atom stereocenters. The van der Waals surface area contributed by atoms with Crippen molar-refractivity contribution >= 4 is 28.3 Å². The van der Waals surface area contributed by atoms with Gasteiger partial charge in [0.1, 0.15) is 11.4 Å². The number of aromatic nitrogens is 1. The topological polar surface area (TPSA) is 140 Å². The molecule has 4 fully saturated rings. The Morgan fingerprint density at radius 2 is 1.83 bits per heavy atom. The predicted octanol–water partition coefficient (Wildman–Crippen LogP) is 7.68. The maximum absolute atomic E-state index is 15.5. The molecule has 0 saturated heterocycles. The van der Waals surface area contributed by atoms with Crippen LogP contribution in [-0.2, 0) is 11.3 Å². The predicted molar refractivity (Wildman–Crippen MR) is 206 cm³/mol. The summed E-state index contributed by atoms with van der Waals surface area (Å²) in [6, 6.07) is 12.5. The number of aryl methyl sites for hydroxylation is 1. The number of Topliss-reactive ketones (excluding diaryl/α,β-unsaturated/α-hetero) is 1. The van der Waals surface area contributed by atoms with E-state index in [9.17, 15) is 30.0 Å². The summed E-state index contributed by atoms with van der Waals surface area (Å²) in [4.78, 5) is 28.5. The minimum atomic E-state index is -1.33. The number of benzene rings is 2. The Balaban J connectivity index is 1.05. The van der Waals surface area contributed by atoms with Gasteiger partial charge in [-0.1, -0.05) is 56.9 Å². The van der Waals surface area contributed by atoms with Crippen LogP contribution in [0.5, 0.6) is 0 Å². The third kappa shape index (κ3) is 6.62. The van der Waals surface area contributed by atoms with Crippen molar-refractivity contribution in [1.82, 2.24) is 4.98 Å². The largest absolute Gasteiger partial charge is 0.481 e. The highest BCUT2D eigenvalue weighted by atomic mass is 19.1. The minimum absolute atomic E-state index is 0.00357. The van der Waals surface area contributed by atoms with Gasteiger partial charge in [-0.25, -0.2) is 4.39 Å². The Labute approximate surface area is 318 Å². The van der Waals surface area contributed by atoms with Crippen molar-refractivity contribution in [3.63, 3.8) is 0 Å². The zero-order valence-corrected chi connectivity index (χ0v) is 32.2. The number of para-hydroxylation sites is 1. The molecule has 0 spiro atoms. The monoisotopic (exact) mass is 738 g/mol. The van der Waals surface area contributed by atoms with Gasteiger partial charge in [0.05, 0.1) is 40.2 Å². The Kier molecular flexibility index (Phi) is 10.2.